The molecule has 0 N–H and O–H groups in total. The second-order valence-electron chi connectivity index (χ2n) is 7.54. The molecule has 0 amide bonds. The summed E-state index contributed by atoms with van der Waals surface area (Å²) in [5.41, 5.74) is -0.630. The Morgan fingerprint density at radius 2 is 1.72 bits per heavy atom. The first kappa shape index (κ1) is 19.8. The normalized spacial score (nSPS) is 18.0. The van der Waals surface area contributed by atoms with Crippen molar-refractivity contribution in [2.75, 3.05) is 20.6 Å². The quantitative estimate of drug-likeness (QED) is 0.565. The highest BCUT2D eigenvalue weighted by Crippen LogP contribution is 2.29. The molecule has 2 rings (SSSR count). The van der Waals surface area contributed by atoms with Crippen LogP contribution < -0.4 is 0 Å². The molecule has 6 heteroatoms. The van der Waals surface area contributed by atoms with Gasteiger partial charge in [0.15, 0.2) is 0 Å². The summed E-state index contributed by atoms with van der Waals surface area (Å²) in [5, 5.41) is 0. The summed E-state index contributed by atoms with van der Waals surface area (Å²) < 4.78 is 44.0. The maximum Gasteiger partial charge on any atom is 0.416 e. The van der Waals surface area contributed by atoms with Gasteiger partial charge in [0.1, 0.15) is 12.6 Å². The maximum atomic E-state index is 12.6. The molecule has 0 spiro atoms. The fourth-order valence-corrected chi connectivity index (χ4v) is 3.68. The van der Waals surface area contributed by atoms with Gasteiger partial charge in [-0.25, -0.2) is 4.79 Å². The fourth-order valence-electron chi connectivity index (χ4n) is 3.68. The first-order chi connectivity index (χ1) is 11.6. The Hall–Kier alpha value is -1.56. The number of esters is 1. The van der Waals surface area contributed by atoms with Crippen LogP contribution >= 0.6 is 0 Å². The Labute approximate surface area is 147 Å². The van der Waals surface area contributed by atoms with Crippen molar-refractivity contribution >= 4 is 5.97 Å². The van der Waals surface area contributed by atoms with Crippen molar-refractivity contribution in [3.63, 3.8) is 0 Å². The van der Waals surface area contributed by atoms with Crippen LogP contribution in [0, 0.1) is 0 Å². The summed E-state index contributed by atoms with van der Waals surface area (Å²) in [6, 6.07) is 4.71. The fraction of sp³-hybridized carbons (Fsp3) is 0.632. The molecule has 0 heterocycles. The molecular formula is C19H27F3NO2+. The number of rotatable bonds is 5. The lowest BCUT2D eigenvalue weighted by atomic mass is 9.93. The molecule has 3 nitrogen and oxygen atoms in total. The second-order valence-corrected chi connectivity index (χ2v) is 7.54. The lowest BCUT2D eigenvalue weighted by Gasteiger charge is -2.41. The van der Waals surface area contributed by atoms with Gasteiger partial charge < -0.3 is 9.22 Å². The van der Waals surface area contributed by atoms with Gasteiger partial charge in [0, 0.05) is 0 Å². The van der Waals surface area contributed by atoms with Crippen LogP contribution in [0.25, 0.3) is 0 Å². The molecule has 1 atom stereocenters. The van der Waals surface area contributed by atoms with E-state index in [4.69, 9.17) is 4.74 Å². The number of quaternary nitrogens is 1. The number of halogens is 3. The van der Waals surface area contributed by atoms with Crippen LogP contribution in [0.15, 0.2) is 24.3 Å². The van der Waals surface area contributed by atoms with E-state index in [9.17, 15) is 18.0 Å². The minimum atomic E-state index is -4.41. The average molecular weight is 358 g/mol. The van der Waals surface area contributed by atoms with E-state index in [0.29, 0.717) is 12.6 Å². The van der Waals surface area contributed by atoms with E-state index in [0.717, 1.165) is 16.6 Å². The molecule has 1 aromatic rings. The molecule has 1 saturated carbocycles. The van der Waals surface area contributed by atoms with E-state index in [1.165, 1.54) is 44.2 Å². The lowest BCUT2D eigenvalue weighted by molar-refractivity contribution is -0.918. The summed E-state index contributed by atoms with van der Waals surface area (Å²) in [7, 11) is 4.30. The van der Waals surface area contributed by atoms with Gasteiger partial charge in [-0.15, -0.1) is 0 Å². The number of hydrogen-bond acceptors (Lipinski definition) is 2. The molecule has 1 aromatic carbocycles. The smallest absolute Gasteiger partial charge is 0.416 e. The van der Waals surface area contributed by atoms with E-state index >= 15 is 0 Å². The standard InChI is InChI=1S/C19H27F3NO2/c1-14(13-23(2,3)17-7-5-4-6-8-17)25-18(24)15-9-11-16(12-10-15)19(20,21)22/h9-12,14,17H,4-8,13H2,1-3H3/q+1. The summed E-state index contributed by atoms with van der Waals surface area (Å²) in [4.78, 5) is 12.2. The van der Waals surface area contributed by atoms with Crippen LogP contribution in [0.4, 0.5) is 13.2 Å². The van der Waals surface area contributed by atoms with Crippen molar-refractivity contribution < 1.29 is 27.2 Å². The average Bonchev–Trinajstić information content (AvgIpc) is 2.54. The number of carbonyl (C=O) groups is 1. The van der Waals surface area contributed by atoms with Crippen LogP contribution in [0.3, 0.4) is 0 Å². The highest BCUT2D eigenvalue weighted by atomic mass is 19.4. The van der Waals surface area contributed by atoms with Gasteiger partial charge >= 0.3 is 12.1 Å². The van der Waals surface area contributed by atoms with Crippen molar-refractivity contribution in [3.05, 3.63) is 35.4 Å². The third-order valence-electron chi connectivity index (χ3n) is 5.05. The van der Waals surface area contributed by atoms with Crippen LogP contribution in [-0.2, 0) is 10.9 Å². The first-order valence-electron chi connectivity index (χ1n) is 8.80. The minimum absolute atomic E-state index is 0.142. The van der Waals surface area contributed by atoms with Gasteiger partial charge in [-0.1, -0.05) is 6.42 Å². The minimum Gasteiger partial charge on any atom is -0.453 e. The molecule has 1 unspecified atom stereocenters. The molecule has 0 aliphatic heterocycles. The number of alkyl halides is 3. The number of hydrogen-bond donors (Lipinski definition) is 0. The Morgan fingerprint density at radius 3 is 2.24 bits per heavy atom. The summed E-state index contributed by atoms with van der Waals surface area (Å²) >= 11 is 0. The number of likely N-dealkylation sites (N-methyl/N-ethyl adjacent to an activating group) is 1. The Morgan fingerprint density at radius 1 is 1.16 bits per heavy atom. The van der Waals surface area contributed by atoms with Gasteiger partial charge in [-0.3, -0.25) is 0 Å². The Bertz CT molecular complexity index is 575. The molecule has 0 bridgehead atoms. The van der Waals surface area contributed by atoms with Crippen molar-refractivity contribution in [2.45, 2.75) is 57.3 Å². The number of ether oxygens (including phenoxy) is 1. The largest absolute Gasteiger partial charge is 0.453 e. The van der Waals surface area contributed by atoms with Gasteiger partial charge in [0.05, 0.1) is 31.3 Å². The Kier molecular flexibility index (Phi) is 6.14. The van der Waals surface area contributed by atoms with Crippen molar-refractivity contribution in [1.29, 1.82) is 0 Å². The zero-order valence-electron chi connectivity index (χ0n) is 15.1. The highest BCUT2D eigenvalue weighted by Gasteiger charge is 2.33. The monoisotopic (exact) mass is 358 g/mol. The summed E-state index contributed by atoms with van der Waals surface area (Å²) in [5.74, 6) is -0.579. The topological polar surface area (TPSA) is 26.3 Å². The second kappa shape index (κ2) is 7.77. The van der Waals surface area contributed by atoms with E-state index in [1.54, 1.807) is 0 Å². The third-order valence-corrected chi connectivity index (χ3v) is 5.05. The van der Waals surface area contributed by atoms with E-state index in [2.05, 4.69) is 14.1 Å². The highest BCUT2D eigenvalue weighted by molar-refractivity contribution is 5.89. The predicted molar refractivity (Wildman–Crippen MR) is 90.2 cm³/mol. The maximum absolute atomic E-state index is 12.6. The summed E-state index contributed by atoms with van der Waals surface area (Å²) in [6.45, 7) is 2.53. The van der Waals surface area contributed by atoms with E-state index < -0.39 is 17.7 Å². The zero-order chi connectivity index (χ0) is 18.7. The zero-order valence-corrected chi connectivity index (χ0v) is 15.1. The molecule has 0 aromatic heterocycles. The molecule has 1 aliphatic rings. The molecule has 25 heavy (non-hydrogen) atoms. The predicted octanol–water partition coefficient (Wildman–Crippen LogP) is 4.66. The molecule has 0 saturated heterocycles. The molecular weight excluding hydrogens is 331 g/mol. The molecule has 140 valence electrons. The van der Waals surface area contributed by atoms with Crippen molar-refractivity contribution in [3.8, 4) is 0 Å². The number of carbonyl (C=O) groups excluding carboxylic acids is 1. The van der Waals surface area contributed by atoms with Gasteiger partial charge in [-0.05, 0) is 56.9 Å². The van der Waals surface area contributed by atoms with Crippen LogP contribution in [0.5, 0.6) is 0 Å². The summed E-state index contributed by atoms with van der Waals surface area (Å²) in [6.07, 6.45) is 1.44. The van der Waals surface area contributed by atoms with Gasteiger partial charge in [0.2, 0.25) is 0 Å². The Balaban J connectivity index is 1.93. The molecule has 1 aliphatic carbocycles. The molecule has 1 fully saturated rings. The van der Waals surface area contributed by atoms with E-state index in [-0.39, 0.29) is 11.7 Å². The van der Waals surface area contributed by atoms with Crippen molar-refractivity contribution in [2.24, 2.45) is 0 Å². The van der Waals surface area contributed by atoms with E-state index in [1.807, 2.05) is 6.92 Å². The van der Waals surface area contributed by atoms with Crippen LogP contribution in [-0.4, -0.2) is 43.2 Å². The number of benzene rings is 1. The van der Waals surface area contributed by atoms with Crippen molar-refractivity contribution in [1.82, 2.24) is 0 Å². The van der Waals surface area contributed by atoms with Crippen LogP contribution in [0.2, 0.25) is 0 Å². The van der Waals surface area contributed by atoms with Crippen LogP contribution in [0.1, 0.15) is 54.9 Å². The SMILES string of the molecule is CC(C[N+](C)(C)C1CCCCC1)OC(=O)c1ccc(C(F)(F)F)cc1. The van der Waals surface area contributed by atoms with Gasteiger partial charge in [0.25, 0.3) is 0 Å². The first-order valence-corrected chi connectivity index (χ1v) is 8.80. The number of nitrogens with zero attached hydrogens (tertiary/aromatic N) is 1. The lowest BCUT2D eigenvalue weighted by Crippen LogP contribution is -2.53. The molecule has 0 radical (unpaired) electrons. The van der Waals surface area contributed by atoms with Gasteiger partial charge in [-0.2, -0.15) is 13.2 Å². The third kappa shape index (κ3) is 5.46.